The fourth-order valence-corrected chi connectivity index (χ4v) is 5.88. The van der Waals surface area contributed by atoms with Crippen LogP contribution in [-0.2, 0) is 20.6 Å². The fourth-order valence-electron chi connectivity index (χ4n) is 4.16. The van der Waals surface area contributed by atoms with Crippen LogP contribution < -0.4 is 5.32 Å². The first-order valence-electron chi connectivity index (χ1n) is 11.0. The third kappa shape index (κ3) is 5.17. The molecule has 0 aromatic heterocycles. The van der Waals surface area contributed by atoms with Crippen molar-refractivity contribution in [2.45, 2.75) is 31.2 Å². The van der Waals surface area contributed by atoms with Gasteiger partial charge in [0.05, 0.1) is 11.8 Å². The van der Waals surface area contributed by atoms with Crippen molar-refractivity contribution in [1.29, 1.82) is 0 Å². The molecule has 2 aromatic carbocycles. The number of nitrogens with zero attached hydrogens (tertiary/aromatic N) is 3. The van der Waals surface area contributed by atoms with Crippen molar-refractivity contribution in [3.8, 4) is 0 Å². The van der Waals surface area contributed by atoms with Gasteiger partial charge in [0, 0.05) is 54.8 Å². The van der Waals surface area contributed by atoms with E-state index in [9.17, 15) is 26.4 Å². The van der Waals surface area contributed by atoms with Gasteiger partial charge in [-0.2, -0.15) is 30.2 Å². The molecule has 200 valence electrons. The van der Waals surface area contributed by atoms with Gasteiger partial charge in [0.25, 0.3) is 21.7 Å². The highest BCUT2D eigenvalue weighted by atomic mass is 35.5. The Bertz CT molecular complexity index is 1360. The fraction of sp³-hybridized carbons (Fsp3) is 0.391. The standard InChI is InChI=1S/C23H23Cl2F3N4O4S/c1-13-6-14(4-5-19(13)21(33)29-18-11-32(12-18)37(34,35)31(2)3)20-10-22(36-30-20,23(26,27)28)15-7-16(24)9-17(25)8-15/h4-9,18H,10-12H2,1-3H3,(H,29,33)/t22-/m0/s1. The molecule has 1 saturated heterocycles. The Labute approximate surface area is 222 Å². The van der Waals surface area contributed by atoms with E-state index in [1.165, 1.54) is 36.6 Å². The number of oxime groups is 1. The first-order chi connectivity index (χ1) is 17.1. The van der Waals surface area contributed by atoms with Crippen LogP contribution in [0.1, 0.15) is 33.5 Å². The van der Waals surface area contributed by atoms with Crippen LogP contribution >= 0.6 is 23.2 Å². The molecule has 14 heteroatoms. The number of benzene rings is 2. The molecule has 0 unspecified atom stereocenters. The van der Waals surface area contributed by atoms with Crippen molar-refractivity contribution in [2.24, 2.45) is 5.16 Å². The molecular weight excluding hydrogens is 556 g/mol. The Balaban J connectivity index is 1.49. The van der Waals surface area contributed by atoms with Crippen LogP contribution in [0.15, 0.2) is 41.6 Å². The summed E-state index contributed by atoms with van der Waals surface area (Å²) < 4.78 is 69.2. The minimum atomic E-state index is -4.82. The average Bonchev–Trinajstić information content (AvgIpc) is 3.22. The molecule has 1 amide bonds. The molecule has 37 heavy (non-hydrogen) atoms. The molecule has 1 fully saturated rings. The Hall–Kier alpha value is -2.38. The van der Waals surface area contributed by atoms with Crippen molar-refractivity contribution in [3.63, 3.8) is 0 Å². The van der Waals surface area contributed by atoms with E-state index in [1.54, 1.807) is 13.0 Å². The number of carbonyl (C=O) groups is 1. The smallest absolute Gasteiger partial charge is 0.374 e. The van der Waals surface area contributed by atoms with Gasteiger partial charge in [0.2, 0.25) is 0 Å². The van der Waals surface area contributed by atoms with Gasteiger partial charge in [0.15, 0.2) is 0 Å². The summed E-state index contributed by atoms with van der Waals surface area (Å²) in [6.07, 6.45) is -5.44. The molecule has 1 N–H and O–H groups in total. The normalized spacial score (nSPS) is 20.9. The van der Waals surface area contributed by atoms with Crippen LogP contribution in [0.4, 0.5) is 13.2 Å². The van der Waals surface area contributed by atoms with E-state index in [0.717, 1.165) is 16.4 Å². The molecule has 0 spiro atoms. The molecule has 0 saturated carbocycles. The van der Waals surface area contributed by atoms with Crippen LogP contribution in [0.5, 0.6) is 0 Å². The maximum Gasteiger partial charge on any atom is 0.435 e. The van der Waals surface area contributed by atoms with E-state index in [-0.39, 0.29) is 40.5 Å². The highest BCUT2D eigenvalue weighted by Gasteiger charge is 2.62. The third-order valence-corrected chi connectivity index (χ3v) is 8.60. The Morgan fingerprint density at radius 2 is 1.78 bits per heavy atom. The SMILES string of the molecule is Cc1cc(C2=NO[C@@](c3cc(Cl)cc(Cl)c3)(C(F)(F)F)C2)ccc1C(=O)NC1CN(S(=O)(=O)N(C)C)C1. The second-order valence-corrected chi connectivity index (χ2v) is 12.1. The zero-order valence-corrected chi connectivity index (χ0v) is 22.3. The quantitative estimate of drug-likeness (QED) is 0.558. The van der Waals surface area contributed by atoms with E-state index < -0.39 is 34.3 Å². The summed E-state index contributed by atoms with van der Waals surface area (Å²) >= 11 is 11.9. The van der Waals surface area contributed by atoms with Crippen molar-refractivity contribution in [3.05, 3.63) is 68.7 Å². The van der Waals surface area contributed by atoms with Gasteiger partial charge in [0.1, 0.15) is 0 Å². The van der Waals surface area contributed by atoms with Crippen LogP contribution in [0, 0.1) is 6.92 Å². The molecule has 1 atom stereocenters. The minimum absolute atomic E-state index is 0.0308. The average molecular weight is 579 g/mol. The highest BCUT2D eigenvalue weighted by Crippen LogP contribution is 2.49. The molecule has 8 nitrogen and oxygen atoms in total. The molecule has 0 bridgehead atoms. The lowest BCUT2D eigenvalue weighted by molar-refractivity contribution is -0.275. The largest absolute Gasteiger partial charge is 0.435 e. The molecule has 0 radical (unpaired) electrons. The van der Waals surface area contributed by atoms with Gasteiger partial charge in [-0.3, -0.25) is 4.79 Å². The predicted octanol–water partition coefficient (Wildman–Crippen LogP) is 4.10. The van der Waals surface area contributed by atoms with Gasteiger partial charge < -0.3 is 10.2 Å². The maximum absolute atomic E-state index is 14.2. The summed E-state index contributed by atoms with van der Waals surface area (Å²) in [4.78, 5) is 17.8. The molecular formula is C23H23Cl2F3N4O4S. The minimum Gasteiger partial charge on any atom is -0.374 e. The van der Waals surface area contributed by atoms with Crippen molar-refractivity contribution in [1.82, 2.24) is 13.9 Å². The predicted molar refractivity (Wildman–Crippen MR) is 133 cm³/mol. The summed E-state index contributed by atoms with van der Waals surface area (Å²) in [6.45, 7) is 1.93. The Morgan fingerprint density at radius 1 is 1.16 bits per heavy atom. The zero-order chi connectivity index (χ0) is 27.3. The summed E-state index contributed by atoms with van der Waals surface area (Å²) in [5.41, 5.74) is -1.81. The zero-order valence-electron chi connectivity index (χ0n) is 19.9. The molecule has 2 heterocycles. The number of halogens is 5. The van der Waals surface area contributed by atoms with Crippen molar-refractivity contribution in [2.75, 3.05) is 27.2 Å². The summed E-state index contributed by atoms with van der Waals surface area (Å²) in [5, 5.41) is 6.58. The van der Waals surface area contributed by atoms with E-state index in [2.05, 4.69) is 10.5 Å². The first kappa shape index (κ1) is 27.6. The molecule has 2 aromatic rings. The topological polar surface area (TPSA) is 91.3 Å². The van der Waals surface area contributed by atoms with E-state index in [1.807, 2.05) is 0 Å². The van der Waals surface area contributed by atoms with E-state index in [0.29, 0.717) is 16.7 Å². The lowest BCUT2D eigenvalue weighted by atomic mass is 9.86. The van der Waals surface area contributed by atoms with Crippen LogP contribution in [-0.4, -0.2) is 68.1 Å². The highest BCUT2D eigenvalue weighted by molar-refractivity contribution is 7.86. The van der Waals surface area contributed by atoms with Crippen molar-refractivity contribution < 1.29 is 31.2 Å². The number of aryl methyl sites for hydroxylation is 1. The van der Waals surface area contributed by atoms with Gasteiger partial charge in [-0.1, -0.05) is 34.4 Å². The number of nitrogens with one attached hydrogen (secondary N) is 1. The van der Waals surface area contributed by atoms with Gasteiger partial charge in [-0.05, 0) is 48.4 Å². The lowest BCUT2D eigenvalue weighted by Gasteiger charge is -2.39. The second-order valence-electron chi connectivity index (χ2n) is 9.10. The molecule has 2 aliphatic heterocycles. The first-order valence-corrected chi connectivity index (χ1v) is 13.2. The molecule has 4 rings (SSSR count). The monoisotopic (exact) mass is 578 g/mol. The van der Waals surface area contributed by atoms with Crippen LogP contribution in [0.3, 0.4) is 0 Å². The number of rotatable bonds is 6. The van der Waals surface area contributed by atoms with Crippen LogP contribution in [0.2, 0.25) is 10.0 Å². The number of amides is 1. The number of hydrogen-bond acceptors (Lipinski definition) is 5. The van der Waals surface area contributed by atoms with Crippen molar-refractivity contribution >= 4 is 45.0 Å². The summed E-state index contributed by atoms with van der Waals surface area (Å²) in [6, 6.07) is 7.78. The molecule has 0 aliphatic carbocycles. The second kappa shape index (κ2) is 9.73. The molecule has 2 aliphatic rings. The Morgan fingerprint density at radius 3 is 2.32 bits per heavy atom. The number of carbonyl (C=O) groups excluding carboxylic acids is 1. The third-order valence-electron chi connectivity index (χ3n) is 6.29. The number of hydrogen-bond donors (Lipinski definition) is 1. The Kier molecular flexibility index (Phi) is 7.27. The summed E-state index contributed by atoms with van der Waals surface area (Å²) in [5.74, 6) is -0.418. The maximum atomic E-state index is 14.2. The van der Waals surface area contributed by atoms with Crippen LogP contribution in [0.25, 0.3) is 0 Å². The summed E-state index contributed by atoms with van der Waals surface area (Å²) in [7, 11) is -0.696. The van der Waals surface area contributed by atoms with Gasteiger partial charge >= 0.3 is 6.18 Å². The van der Waals surface area contributed by atoms with E-state index >= 15 is 0 Å². The lowest BCUT2D eigenvalue weighted by Crippen LogP contribution is -2.62. The van der Waals surface area contributed by atoms with Gasteiger partial charge in [-0.25, -0.2) is 0 Å². The van der Waals surface area contributed by atoms with E-state index in [4.69, 9.17) is 28.0 Å². The number of alkyl halides is 3. The van der Waals surface area contributed by atoms with Gasteiger partial charge in [-0.15, -0.1) is 0 Å².